The first-order valence-electron chi connectivity index (χ1n) is 7.63. The average Bonchev–Trinajstić information content (AvgIpc) is 3.05. The predicted octanol–water partition coefficient (Wildman–Crippen LogP) is 6.46. The Bertz CT molecular complexity index is 954. The van der Waals surface area contributed by atoms with Crippen molar-refractivity contribution < 1.29 is 4.79 Å². The number of amides is 1. The molecule has 26 heavy (non-hydrogen) atoms. The number of nitrogens with one attached hydrogen (secondary N) is 1. The molecule has 0 aliphatic heterocycles. The Morgan fingerprint density at radius 3 is 2.73 bits per heavy atom. The number of carbonyl (C=O) groups excluding carboxylic acids is 1. The largest absolute Gasteiger partial charge is 0.298 e. The van der Waals surface area contributed by atoms with Gasteiger partial charge in [-0.1, -0.05) is 63.4 Å². The van der Waals surface area contributed by atoms with Crippen LogP contribution in [0.15, 0.2) is 59.2 Å². The van der Waals surface area contributed by atoms with Gasteiger partial charge < -0.3 is 0 Å². The van der Waals surface area contributed by atoms with Crippen LogP contribution in [0.5, 0.6) is 0 Å². The maximum atomic E-state index is 12.1. The van der Waals surface area contributed by atoms with Crippen LogP contribution in [0.4, 0.5) is 5.13 Å². The molecule has 132 valence electrons. The Morgan fingerprint density at radius 2 is 1.96 bits per heavy atom. The van der Waals surface area contributed by atoms with E-state index in [0.29, 0.717) is 20.7 Å². The summed E-state index contributed by atoms with van der Waals surface area (Å²) in [5, 5.41) is 4.19. The van der Waals surface area contributed by atoms with E-state index in [1.165, 1.54) is 23.0 Å². The van der Waals surface area contributed by atoms with Crippen LogP contribution >= 0.6 is 50.5 Å². The van der Waals surface area contributed by atoms with Crippen molar-refractivity contribution in [1.29, 1.82) is 0 Å². The predicted molar refractivity (Wildman–Crippen MR) is 113 cm³/mol. The molecule has 1 heterocycles. The number of nitrogens with zero attached hydrogens (tertiary/aromatic N) is 1. The molecule has 1 N–H and O–H groups in total. The number of hydrogen-bond acceptors (Lipinski definition) is 3. The summed E-state index contributed by atoms with van der Waals surface area (Å²) in [6.45, 7) is 0. The quantitative estimate of drug-likeness (QED) is 0.437. The molecule has 0 aliphatic carbocycles. The van der Waals surface area contributed by atoms with Crippen LogP contribution in [0.1, 0.15) is 16.0 Å². The van der Waals surface area contributed by atoms with Crippen LogP contribution in [-0.2, 0) is 11.2 Å². The molecule has 2 aromatic carbocycles. The van der Waals surface area contributed by atoms with Crippen molar-refractivity contribution in [2.24, 2.45) is 0 Å². The molecule has 0 bridgehead atoms. The molecule has 0 saturated carbocycles. The number of carbonyl (C=O) groups is 1. The number of rotatable bonds is 5. The highest BCUT2D eigenvalue weighted by Crippen LogP contribution is 2.26. The second kappa shape index (κ2) is 8.82. The van der Waals surface area contributed by atoms with E-state index in [1.54, 1.807) is 30.5 Å². The van der Waals surface area contributed by atoms with Crippen molar-refractivity contribution in [3.63, 3.8) is 0 Å². The van der Waals surface area contributed by atoms with Crippen LogP contribution in [0.2, 0.25) is 10.0 Å². The average molecular weight is 468 g/mol. The van der Waals surface area contributed by atoms with Gasteiger partial charge in [-0.3, -0.25) is 10.1 Å². The summed E-state index contributed by atoms with van der Waals surface area (Å²) >= 11 is 16.9. The van der Waals surface area contributed by atoms with E-state index in [2.05, 4.69) is 38.4 Å². The zero-order valence-electron chi connectivity index (χ0n) is 13.4. The molecule has 0 aliphatic rings. The van der Waals surface area contributed by atoms with Crippen molar-refractivity contribution in [2.75, 3.05) is 5.32 Å². The van der Waals surface area contributed by atoms with Crippen LogP contribution in [0.25, 0.3) is 6.08 Å². The highest BCUT2D eigenvalue weighted by molar-refractivity contribution is 9.10. The number of benzene rings is 2. The first kappa shape index (κ1) is 19.1. The maximum absolute atomic E-state index is 12.1. The third-order valence-corrected chi connectivity index (χ3v) is 5.75. The van der Waals surface area contributed by atoms with Crippen molar-refractivity contribution in [3.05, 3.63) is 85.3 Å². The van der Waals surface area contributed by atoms with E-state index in [1.807, 2.05) is 12.1 Å². The number of halogens is 3. The Hall–Kier alpha value is -1.66. The van der Waals surface area contributed by atoms with Crippen molar-refractivity contribution >= 4 is 67.6 Å². The highest BCUT2D eigenvalue weighted by Gasteiger charge is 2.06. The topological polar surface area (TPSA) is 42.0 Å². The molecule has 0 unspecified atom stereocenters. The third-order valence-electron chi connectivity index (χ3n) is 3.47. The van der Waals surface area contributed by atoms with Crippen LogP contribution in [-0.4, -0.2) is 10.9 Å². The van der Waals surface area contributed by atoms with E-state index in [-0.39, 0.29) is 5.91 Å². The summed E-state index contributed by atoms with van der Waals surface area (Å²) in [6, 6.07) is 13.4. The van der Waals surface area contributed by atoms with Gasteiger partial charge in [0, 0.05) is 28.0 Å². The smallest absolute Gasteiger partial charge is 0.250 e. The standard InChI is InChI=1S/C19H13BrCl2N2OS/c20-14-7-4-12(5-8-14)10-15-11-23-19(26-15)24-17(25)9-6-13-2-1-3-16(21)18(13)22/h1-9,11H,10H2,(H,23,24,25). The lowest BCUT2D eigenvalue weighted by Gasteiger charge is -2.00. The summed E-state index contributed by atoms with van der Waals surface area (Å²) in [5.41, 5.74) is 1.87. The van der Waals surface area contributed by atoms with Gasteiger partial charge in [0.2, 0.25) is 5.91 Å². The van der Waals surface area contributed by atoms with Gasteiger partial charge in [0.1, 0.15) is 0 Å². The minimum atomic E-state index is -0.273. The van der Waals surface area contributed by atoms with Crippen LogP contribution in [0, 0.1) is 0 Å². The molecule has 0 fully saturated rings. The summed E-state index contributed by atoms with van der Waals surface area (Å²) in [4.78, 5) is 17.4. The maximum Gasteiger partial charge on any atom is 0.250 e. The molecular formula is C19H13BrCl2N2OS. The molecule has 1 aromatic heterocycles. The molecule has 3 aromatic rings. The minimum Gasteiger partial charge on any atom is -0.298 e. The van der Waals surface area contributed by atoms with Gasteiger partial charge >= 0.3 is 0 Å². The Balaban J connectivity index is 1.61. The SMILES string of the molecule is O=C(C=Cc1cccc(Cl)c1Cl)Nc1ncc(Cc2ccc(Br)cc2)s1. The zero-order valence-corrected chi connectivity index (χ0v) is 17.3. The summed E-state index contributed by atoms with van der Waals surface area (Å²) < 4.78 is 1.05. The van der Waals surface area contributed by atoms with Gasteiger partial charge in [0.15, 0.2) is 5.13 Å². The normalized spacial score (nSPS) is 11.0. The van der Waals surface area contributed by atoms with Gasteiger partial charge in [0.25, 0.3) is 0 Å². The fourth-order valence-electron chi connectivity index (χ4n) is 2.21. The van der Waals surface area contributed by atoms with Crippen LogP contribution in [0.3, 0.4) is 0 Å². The fraction of sp³-hybridized carbons (Fsp3) is 0.0526. The Labute approximate surface area is 173 Å². The first-order chi connectivity index (χ1) is 12.5. The molecule has 3 nitrogen and oxygen atoms in total. The lowest BCUT2D eigenvalue weighted by molar-refractivity contribution is -0.111. The monoisotopic (exact) mass is 466 g/mol. The van der Waals surface area contributed by atoms with E-state index < -0.39 is 0 Å². The third kappa shape index (κ3) is 5.17. The second-order valence-electron chi connectivity index (χ2n) is 5.40. The van der Waals surface area contributed by atoms with Gasteiger partial charge in [-0.2, -0.15) is 0 Å². The highest BCUT2D eigenvalue weighted by atomic mass is 79.9. The fourth-order valence-corrected chi connectivity index (χ4v) is 3.70. The van der Waals surface area contributed by atoms with Crippen molar-refractivity contribution in [3.8, 4) is 0 Å². The van der Waals surface area contributed by atoms with E-state index in [9.17, 15) is 4.79 Å². The van der Waals surface area contributed by atoms with Gasteiger partial charge in [0.05, 0.1) is 10.0 Å². The van der Waals surface area contributed by atoms with Gasteiger partial charge in [-0.05, 0) is 35.4 Å². The summed E-state index contributed by atoms with van der Waals surface area (Å²) in [6.07, 6.45) is 5.59. The Morgan fingerprint density at radius 1 is 1.19 bits per heavy atom. The summed E-state index contributed by atoms with van der Waals surface area (Å²) in [7, 11) is 0. The van der Waals surface area contributed by atoms with Gasteiger partial charge in [-0.15, -0.1) is 11.3 Å². The molecular weight excluding hydrogens is 455 g/mol. The Kier molecular flexibility index (Phi) is 6.48. The molecule has 0 radical (unpaired) electrons. The van der Waals surface area contributed by atoms with E-state index >= 15 is 0 Å². The zero-order chi connectivity index (χ0) is 18.5. The number of hydrogen-bond donors (Lipinski definition) is 1. The molecule has 1 amide bonds. The first-order valence-corrected chi connectivity index (χ1v) is 10.00. The van der Waals surface area contributed by atoms with E-state index in [4.69, 9.17) is 23.2 Å². The minimum absolute atomic E-state index is 0.273. The number of anilines is 1. The van der Waals surface area contributed by atoms with Gasteiger partial charge in [-0.25, -0.2) is 4.98 Å². The number of aromatic nitrogens is 1. The number of thiazole rings is 1. The molecule has 7 heteroatoms. The lowest BCUT2D eigenvalue weighted by atomic mass is 10.1. The summed E-state index contributed by atoms with van der Waals surface area (Å²) in [5.74, 6) is -0.273. The van der Waals surface area contributed by atoms with Crippen molar-refractivity contribution in [1.82, 2.24) is 4.98 Å². The molecule has 0 atom stereocenters. The molecule has 0 spiro atoms. The second-order valence-corrected chi connectivity index (χ2v) is 8.22. The molecule has 3 rings (SSSR count). The van der Waals surface area contributed by atoms with Crippen LogP contribution < -0.4 is 5.32 Å². The van der Waals surface area contributed by atoms with E-state index in [0.717, 1.165) is 15.8 Å². The molecule has 0 saturated heterocycles. The lowest BCUT2D eigenvalue weighted by Crippen LogP contribution is -2.07. The van der Waals surface area contributed by atoms with Crippen molar-refractivity contribution in [2.45, 2.75) is 6.42 Å².